The first kappa shape index (κ1) is 22.1. The van der Waals surface area contributed by atoms with E-state index in [0.29, 0.717) is 29.4 Å². The number of nitrogens with zero attached hydrogens (tertiary/aromatic N) is 3. The maximum absolute atomic E-state index is 11.3. The topological polar surface area (TPSA) is 98.9 Å². The van der Waals surface area contributed by atoms with Gasteiger partial charge in [-0.15, -0.1) is 11.3 Å². The largest absolute Gasteiger partial charge is 0.480 e. The molecule has 0 fully saturated rings. The van der Waals surface area contributed by atoms with E-state index in [0.717, 1.165) is 21.2 Å². The number of halogens is 1. The average Bonchev–Trinajstić information content (AvgIpc) is 3.15. The molecule has 3 rings (SSSR count). The Morgan fingerprint density at radius 2 is 2.07 bits per heavy atom. The van der Waals surface area contributed by atoms with Crippen molar-refractivity contribution in [2.24, 2.45) is 0 Å². The van der Waals surface area contributed by atoms with Crippen LogP contribution in [0.4, 0.5) is 5.82 Å². The number of rotatable bonds is 8. The summed E-state index contributed by atoms with van der Waals surface area (Å²) in [5.74, 6) is -0.352. The van der Waals surface area contributed by atoms with Crippen molar-refractivity contribution in [2.45, 2.75) is 29.4 Å². The summed E-state index contributed by atoms with van der Waals surface area (Å²) in [5, 5.41) is 24.5. The van der Waals surface area contributed by atoms with Gasteiger partial charge in [0.25, 0.3) is 0 Å². The second kappa shape index (κ2) is 9.47. The van der Waals surface area contributed by atoms with E-state index in [9.17, 15) is 15.2 Å². The van der Waals surface area contributed by atoms with E-state index < -0.39 is 10.7 Å². The van der Waals surface area contributed by atoms with E-state index in [1.165, 1.54) is 23.1 Å². The lowest BCUT2D eigenvalue weighted by Gasteiger charge is -2.15. The Hall–Kier alpha value is -2.60. The fraction of sp³-hybridized carbons (Fsp3) is 0.238. The highest BCUT2D eigenvalue weighted by Gasteiger charge is 2.29. The van der Waals surface area contributed by atoms with Gasteiger partial charge in [-0.05, 0) is 37.6 Å². The highest BCUT2D eigenvalue weighted by atomic mass is 35.5. The van der Waals surface area contributed by atoms with Gasteiger partial charge in [-0.25, -0.2) is 9.97 Å². The zero-order valence-corrected chi connectivity index (χ0v) is 18.7. The van der Waals surface area contributed by atoms with Crippen LogP contribution in [-0.4, -0.2) is 32.3 Å². The Morgan fingerprint density at radius 3 is 2.73 bits per heavy atom. The number of hydrogen-bond donors (Lipinski definition) is 2. The first-order chi connectivity index (χ1) is 14.3. The summed E-state index contributed by atoms with van der Waals surface area (Å²) in [5.41, 5.74) is 3.11. The summed E-state index contributed by atoms with van der Waals surface area (Å²) in [6.45, 7) is 3.87. The van der Waals surface area contributed by atoms with Gasteiger partial charge in [0, 0.05) is 35.1 Å². The number of aromatic nitrogens is 2. The van der Waals surface area contributed by atoms with Crippen molar-refractivity contribution in [3.05, 3.63) is 58.2 Å². The number of nitriles is 1. The lowest BCUT2D eigenvalue weighted by atomic mass is 10.1. The first-order valence-electron chi connectivity index (χ1n) is 9.05. The number of carboxylic acid groups (broad SMARTS) is 1. The molecule has 2 N–H and O–H groups in total. The van der Waals surface area contributed by atoms with E-state index in [2.05, 4.69) is 21.4 Å². The Balaban J connectivity index is 1.62. The molecule has 2 aromatic heterocycles. The van der Waals surface area contributed by atoms with Crippen LogP contribution in [0, 0.1) is 11.3 Å². The molecule has 0 unspecified atom stereocenters. The van der Waals surface area contributed by atoms with Gasteiger partial charge in [-0.2, -0.15) is 5.26 Å². The Labute approximate surface area is 188 Å². The number of carbonyl (C=O) groups is 1. The molecule has 3 aromatic rings. The van der Waals surface area contributed by atoms with E-state index >= 15 is 0 Å². The number of nitrogens with one attached hydrogen (secondary N) is 1. The van der Waals surface area contributed by atoms with Crippen LogP contribution in [0.2, 0.25) is 5.02 Å². The Bertz CT molecular complexity index is 1090. The van der Waals surface area contributed by atoms with Crippen LogP contribution in [-0.2, 0) is 11.2 Å². The molecule has 0 radical (unpaired) electrons. The molecule has 0 saturated heterocycles. The van der Waals surface area contributed by atoms with Crippen molar-refractivity contribution in [1.29, 1.82) is 5.26 Å². The maximum Gasteiger partial charge on any atom is 0.319 e. The van der Waals surface area contributed by atoms with E-state index in [4.69, 9.17) is 11.6 Å². The van der Waals surface area contributed by atoms with E-state index in [1.54, 1.807) is 38.2 Å². The molecular formula is C21H19ClN4O2S2. The summed E-state index contributed by atoms with van der Waals surface area (Å²) in [7, 11) is 0. The molecule has 0 saturated carbocycles. The summed E-state index contributed by atoms with van der Waals surface area (Å²) < 4.78 is -0.203. The third kappa shape index (κ3) is 5.51. The van der Waals surface area contributed by atoms with Crippen LogP contribution < -0.4 is 5.32 Å². The van der Waals surface area contributed by atoms with E-state index in [1.807, 2.05) is 17.5 Å². The molecule has 0 aliphatic rings. The van der Waals surface area contributed by atoms with Crippen LogP contribution in [0.3, 0.4) is 0 Å². The molecule has 30 heavy (non-hydrogen) atoms. The molecule has 0 aliphatic heterocycles. The van der Waals surface area contributed by atoms with Crippen molar-refractivity contribution >= 4 is 46.5 Å². The molecule has 9 heteroatoms. The molecule has 0 spiro atoms. The zero-order valence-electron chi connectivity index (χ0n) is 16.3. The minimum atomic E-state index is -0.926. The molecular weight excluding hydrogens is 440 g/mol. The van der Waals surface area contributed by atoms with Gasteiger partial charge in [-0.3, -0.25) is 4.79 Å². The van der Waals surface area contributed by atoms with Crippen LogP contribution >= 0.6 is 34.7 Å². The van der Waals surface area contributed by atoms with Gasteiger partial charge < -0.3 is 10.4 Å². The molecule has 1 aromatic carbocycles. The quantitative estimate of drug-likeness (QED) is 0.439. The molecule has 2 heterocycles. The number of hydrogen-bond acceptors (Lipinski definition) is 7. The van der Waals surface area contributed by atoms with Crippen LogP contribution in [0.15, 0.2) is 46.2 Å². The SMILES string of the molecule is CC(C)(Sc1nc(CCNc2ncc(-c3ccc(Cl)cc3)cc2C#N)cs1)C(=O)O. The first-order valence-corrected chi connectivity index (χ1v) is 11.1. The third-order valence-electron chi connectivity index (χ3n) is 4.25. The molecule has 6 nitrogen and oxygen atoms in total. The highest BCUT2D eigenvalue weighted by molar-refractivity contribution is 8.02. The second-order valence-electron chi connectivity index (χ2n) is 6.94. The second-order valence-corrected chi connectivity index (χ2v) is 10.1. The maximum atomic E-state index is 11.3. The standard InChI is InChI=1S/C21H19ClN4O2S2/c1-21(2,19(27)28)30-20-26-17(12-29-20)7-8-24-18-14(10-23)9-15(11-25-18)13-3-5-16(22)6-4-13/h3-6,9,11-12H,7-8H2,1-2H3,(H,24,25)(H,27,28). The van der Waals surface area contributed by atoms with E-state index in [-0.39, 0.29) is 0 Å². The highest BCUT2D eigenvalue weighted by Crippen LogP contribution is 2.34. The molecule has 154 valence electrons. The normalized spacial score (nSPS) is 11.1. The van der Waals surface area contributed by atoms with Crippen molar-refractivity contribution in [2.75, 3.05) is 11.9 Å². The molecule has 0 amide bonds. The average molecular weight is 459 g/mol. The minimum Gasteiger partial charge on any atom is -0.480 e. The monoisotopic (exact) mass is 458 g/mol. The summed E-state index contributed by atoms with van der Waals surface area (Å²) in [6, 6.07) is 11.3. The fourth-order valence-corrected chi connectivity index (χ4v) is 4.86. The number of aliphatic carboxylic acids is 1. The summed E-state index contributed by atoms with van der Waals surface area (Å²) in [4.78, 5) is 20.2. The Morgan fingerprint density at radius 1 is 1.33 bits per heavy atom. The lowest BCUT2D eigenvalue weighted by molar-refractivity contribution is -0.138. The minimum absolute atomic E-state index is 0.459. The smallest absolute Gasteiger partial charge is 0.319 e. The number of carboxylic acids is 1. The lowest BCUT2D eigenvalue weighted by Crippen LogP contribution is -2.26. The van der Waals surface area contributed by atoms with Crippen molar-refractivity contribution in [3.8, 4) is 17.2 Å². The number of thioether (sulfide) groups is 1. The van der Waals surface area contributed by atoms with Gasteiger partial charge in [-0.1, -0.05) is 35.5 Å². The number of thiazole rings is 1. The van der Waals surface area contributed by atoms with Crippen LogP contribution in [0.5, 0.6) is 0 Å². The summed E-state index contributed by atoms with van der Waals surface area (Å²) >= 11 is 8.59. The zero-order chi connectivity index (χ0) is 21.7. The predicted molar refractivity (Wildman–Crippen MR) is 121 cm³/mol. The summed E-state index contributed by atoms with van der Waals surface area (Å²) in [6.07, 6.45) is 2.36. The van der Waals surface area contributed by atoms with Crippen molar-refractivity contribution in [3.63, 3.8) is 0 Å². The number of pyridine rings is 1. The third-order valence-corrected chi connectivity index (χ3v) is 6.67. The number of anilines is 1. The van der Waals surface area contributed by atoms with Gasteiger partial charge in [0.2, 0.25) is 0 Å². The molecule has 0 aliphatic carbocycles. The van der Waals surface area contributed by atoms with Crippen molar-refractivity contribution in [1.82, 2.24) is 9.97 Å². The number of benzene rings is 1. The van der Waals surface area contributed by atoms with Crippen LogP contribution in [0.1, 0.15) is 25.1 Å². The Kier molecular flexibility index (Phi) is 6.98. The molecule has 0 atom stereocenters. The van der Waals surface area contributed by atoms with Crippen LogP contribution in [0.25, 0.3) is 11.1 Å². The van der Waals surface area contributed by atoms with Gasteiger partial charge in [0.05, 0.1) is 11.3 Å². The van der Waals surface area contributed by atoms with Gasteiger partial charge >= 0.3 is 5.97 Å². The molecule has 0 bridgehead atoms. The van der Waals surface area contributed by atoms with Gasteiger partial charge in [0.15, 0.2) is 4.34 Å². The predicted octanol–water partition coefficient (Wildman–Crippen LogP) is 5.34. The van der Waals surface area contributed by atoms with Crippen molar-refractivity contribution < 1.29 is 9.90 Å². The van der Waals surface area contributed by atoms with Gasteiger partial charge in [0.1, 0.15) is 16.6 Å². The fourth-order valence-electron chi connectivity index (χ4n) is 2.51.